The van der Waals surface area contributed by atoms with Gasteiger partial charge >= 0.3 is 0 Å². The molecule has 4 aromatic rings. The quantitative estimate of drug-likeness (QED) is 0.335. The third kappa shape index (κ3) is 5.42. The minimum Gasteiger partial charge on any atom is -0.479 e. The van der Waals surface area contributed by atoms with Gasteiger partial charge in [-0.3, -0.25) is 10.1 Å². The summed E-state index contributed by atoms with van der Waals surface area (Å²) in [6.07, 6.45) is 0.812. The number of nitrogens with zero attached hydrogens (tertiary/aromatic N) is 2. The molecule has 2 aromatic heterocycles. The third-order valence-electron chi connectivity index (χ3n) is 4.70. The molecule has 168 valence electrons. The number of rotatable bonds is 5. The molecule has 0 fully saturated rings. The number of amides is 1. The Morgan fingerprint density at radius 1 is 1.18 bits per heavy atom. The van der Waals surface area contributed by atoms with Crippen molar-refractivity contribution >= 4 is 63.4 Å². The SMILES string of the molecule is Cc1ccc(-c2nc3ncccc3o2)cc1NC(=S)NC(=O)C(C)Oc1ccc(Cl)cc1Cl. The van der Waals surface area contributed by atoms with Crippen LogP contribution >= 0.6 is 35.4 Å². The predicted octanol–water partition coefficient (Wildman–Crippen LogP) is 5.79. The summed E-state index contributed by atoms with van der Waals surface area (Å²) in [5, 5.41) is 6.57. The molecule has 1 atom stereocenters. The maximum atomic E-state index is 12.5. The van der Waals surface area contributed by atoms with Gasteiger partial charge in [0.15, 0.2) is 22.4 Å². The van der Waals surface area contributed by atoms with Gasteiger partial charge in [0.2, 0.25) is 5.89 Å². The normalized spacial score (nSPS) is 11.8. The number of pyridine rings is 1. The lowest BCUT2D eigenvalue weighted by molar-refractivity contribution is -0.125. The molecule has 33 heavy (non-hydrogen) atoms. The third-order valence-corrected chi connectivity index (χ3v) is 5.44. The van der Waals surface area contributed by atoms with E-state index >= 15 is 0 Å². The minimum absolute atomic E-state index is 0.122. The summed E-state index contributed by atoms with van der Waals surface area (Å²) in [5.41, 5.74) is 3.48. The standard InChI is InChI=1S/C23H18Cl2N4O3S/c1-12-5-6-14(22-28-20-19(32-22)4-3-9-26-20)10-17(12)27-23(33)29-21(30)13(2)31-18-8-7-15(24)11-16(18)25/h3-11,13H,1-2H3,(H2,27,29,30,33). The number of carbonyl (C=O) groups excluding carboxylic acids is 1. The Hall–Kier alpha value is -3.20. The first-order valence-electron chi connectivity index (χ1n) is 9.86. The van der Waals surface area contributed by atoms with Crippen molar-refractivity contribution in [1.82, 2.24) is 15.3 Å². The topological polar surface area (TPSA) is 89.3 Å². The summed E-state index contributed by atoms with van der Waals surface area (Å²) >= 11 is 17.3. The van der Waals surface area contributed by atoms with E-state index in [4.69, 9.17) is 44.6 Å². The number of hydrogen-bond donors (Lipinski definition) is 2. The van der Waals surface area contributed by atoms with E-state index in [-0.39, 0.29) is 5.11 Å². The van der Waals surface area contributed by atoms with Crippen LogP contribution in [0.1, 0.15) is 12.5 Å². The summed E-state index contributed by atoms with van der Waals surface area (Å²) in [6.45, 7) is 3.51. The van der Waals surface area contributed by atoms with Gasteiger partial charge in [-0.1, -0.05) is 29.3 Å². The van der Waals surface area contributed by atoms with E-state index in [1.807, 2.05) is 25.1 Å². The first-order chi connectivity index (χ1) is 15.8. The smallest absolute Gasteiger partial charge is 0.266 e. The average Bonchev–Trinajstić information content (AvgIpc) is 3.21. The van der Waals surface area contributed by atoms with E-state index in [1.54, 1.807) is 37.4 Å². The highest BCUT2D eigenvalue weighted by Gasteiger charge is 2.18. The second kappa shape index (κ2) is 9.74. The highest BCUT2D eigenvalue weighted by molar-refractivity contribution is 7.80. The molecule has 2 aromatic carbocycles. The zero-order valence-corrected chi connectivity index (χ0v) is 19.9. The molecule has 0 radical (unpaired) electrons. The monoisotopic (exact) mass is 500 g/mol. The van der Waals surface area contributed by atoms with E-state index in [1.165, 1.54) is 6.07 Å². The molecule has 10 heteroatoms. The van der Waals surface area contributed by atoms with Crippen molar-refractivity contribution in [3.8, 4) is 17.2 Å². The molecule has 7 nitrogen and oxygen atoms in total. The number of thiocarbonyl (C=S) groups is 1. The summed E-state index contributed by atoms with van der Waals surface area (Å²) < 4.78 is 11.4. The van der Waals surface area contributed by atoms with Crippen LogP contribution in [0.2, 0.25) is 10.0 Å². The van der Waals surface area contributed by atoms with Crippen molar-refractivity contribution in [2.24, 2.45) is 0 Å². The van der Waals surface area contributed by atoms with Gasteiger partial charge < -0.3 is 14.5 Å². The summed E-state index contributed by atoms with van der Waals surface area (Å²) in [6, 6.07) is 14.0. The van der Waals surface area contributed by atoms with Gasteiger partial charge in [-0.15, -0.1) is 0 Å². The van der Waals surface area contributed by atoms with E-state index in [0.29, 0.717) is 38.6 Å². The molecular formula is C23H18Cl2N4O3S. The lowest BCUT2D eigenvalue weighted by Gasteiger charge is -2.17. The van der Waals surface area contributed by atoms with E-state index in [2.05, 4.69) is 20.6 Å². The number of aromatic nitrogens is 2. The van der Waals surface area contributed by atoms with Crippen molar-refractivity contribution in [1.29, 1.82) is 0 Å². The van der Waals surface area contributed by atoms with Crippen molar-refractivity contribution in [3.63, 3.8) is 0 Å². The Kier molecular flexibility index (Phi) is 6.78. The number of hydrogen-bond acceptors (Lipinski definition) is 6. The van der Waals surface area contributed by atoms with Crippen molar-refractivity contribution in [2.75, 3.05) is 5.32 Å². The van der Waals surface area contributed by atoms with Gasteiger partial charge in [0.1, 0.15) is 5.75 Å². The van der Waals surface area contributed by atoms with Crippen LogP contribution < -0.4 is 15.4 Å². The highest BCUT2D eigenvalue weighted by Crippen LogP contribution is 2.29. The van der Waals surface area contributed by atoms with Crippen LogP contribution in [0.4, 0.5) is 5.69 Å². The predicted molar refractivity (Wildman–Crippen MR) is 133 cm³/mol. The van der Waals surface area contributed by atoms with Crippen LogP contribution in [0.3, 0.4) is 0 Å². The van der Waals surface area contributed by atoms with Crippen LogP contribution in [-0.4, -0.2) is 27.1 Å². The number of oxazole rings is 1. The second-order valence-corrected chi connectivity index (χ2v) is 8.40. The molecule has 1 amide bonds. The molecule has 0 bridgehead atoms. The number of anilines is 1. The van der Waals surface area contributed by atoms with Gasteiger partial charge in [0, 0.05) is 22.5 Å². The fourth-order valence-corrected chi connectivity index (χ4v) is 3.63. The van der Waals surface area contributed by atoms with Gasteiger partial charge in [0.05, 0.1) is 5.02 Å². The summed E-state index contributed by atoms with van der Waals surface area (Å²) in [5.74, 6) is 0.347. The maximum absolute atomic E-state index is 12.5. The van der Waals surface area contributed by atoms with Gasteiger partial charge in [0.25, 0.3) is 5.91 Å². The van der Waals surface area contributed by atoms with Crippen molar-refractivity contribution in [3.05, 3.63) is 70.3 Å². The summed E-state index contributed by atoms with van der Waals surface area (Å²) in [4.78, 5) is 21.1. The Labute approximate surface area is 205 Å². The number of carbonyl (C=O) groups is 1. The van der Waals surface area contributed by atoms with E-state index in [9.17, 15) is 4.79 Å². The molecule has 2 heterocycles. The first kappa shape index (κ1) is 23.0. The zero-order chi connectivity index (χ0) is 23.5. The highest BCUT2D eigenvalue weighted by atomic mass is 35.5. The molecule has 4 rings (SSSR count). The number of nitrogens with one attached hydrogen (secondary N) is 2. The molecule has 0 aliphatic heterocycles. The molecule has 0 aliphatic rings. The Balaban J connectivity index is 1.43. The molecular weight excluding hydrogens is 483 g/mol. The average molecular weight is 501 g/mol. The largest absolute Gasteiger partial charge is 0.479 e. The number of benzene rings is 2. The second-order valence-electron chi connectivity index (χ2n) is 7.15. The maximum Gasteiger partial charge on any atom is 0.266 e. The van der Waals surface area contributed by atoms with Gasteiger partial charge in [-0.25, -0.2) is 4.98 Å². The first-order valence-corrected chi connectivity index (χ1v) is 11.0. The van der Waals surface area contributed by atoms with Crippen LogP contribution in [0.25, 0.3) is 22.7 Å². The number of aryl methyl sites for hydroxylation is 1. The molecule has 0 saturated carbocycles. The Bertz CT molecular complexity index is 1330. The molecule has 1 unspecified atom stereocenters. The van der Waals surface area contributed by atoms with E-state index < -0.39 is 12.0 Å². The molecule has 2 N–H and O–H groups in total. The molecule has 0 saturated heterocycles. The van der Waals surface area contributed by atoms with Crippen molar-refractivity contribution < 1.29 is 13.9 Å². The molecule has 0 spiro atoms. The number of halogens is 2. The fraction of sp³-hybridized carbons (Fsp3) is 0.130. The molecule has 0 aliphatic carbocycles. The lowest BCUT2D eigenvalue weighted by Crippen LogP contribution is -2.42. The van der Waals surface area contributed by atoms with Crippen molar-refractivity contribution in [2.45, 2.75) is 20.0 Å². The fourth-order valence-electron chi connectivity index (χ4n) is 2.96. The number of ether oxygens (including phenoxy) is 1. The minimum atomic E-state index is -0.844. The van der Waals surface area contributed by atoms with Crippen LogP contribution in [0.5, 0.6) is 5.75 Å². The van der Waals surface area contributed by atoms with Crippen LogP contribution in [0, 0.1) is 6.92 Å². The van der Waals surface area contributed by atoms with Gasteiger partial charge in [-0.2, -0.15) is 4.98 Å². The van der Waals surface area contributed by atoms with E-state index in [0.717, 1.165) is 11.1 Å². The van der Waals surface area contributed by atoms with Crippen LogP contribution in [-0.2, 0) is 4.79 Å². The lowest BCUT2D eigenvalue weighted by atomic mass is 10.1. The number of fused-ring (bicyclic) bond motifs is 1. The Morgan fingerprint density at radius 3 is 2.76 bits per heavy atom. The summed E-state index contributed by atoms with van der Waals surface area (Å²) in [7, 11) is 0. The zero-order valence-electron chi connectivity index (χ0n) is 17.6. The van der Waals surface area contributed by atoms with Crippen LogP contribution in [0.15, 0.2) is 59.1 Å². The van der Waals surface area contributed by atoms with Gasteiger partial charge in [-0.05, 0) is 74.1 Å². The Morgan fingerprint density at radius 2 is 2.00 bits per heavy atom.